The van der Waals surface area contributed by atoms with Gasteiger partial charge < -0.3 is 0 Å². The molecule has 1 atom stereocenters. The fourth-order valence-electron chi connectivity index (χ4n) is 0.754. The van der Waals surface area contributed by atoms with Crippen molar-refractivity contribution < 1.29 is 13.2 Å². The highest BCUT2D eigenvalue weighted by atomic mass is 35.5. The maximum Gasteiger partial charge on any atom is 0.390 e. The fourth-order valence-corrected chi connectivity index (χ4v) is 1.05. The number of aromatic nitrogens is 2. The monoisotopic (exact) mass is 198 g/mol. The topological polar surface area (TPSA) is 28.7 Å². The molecule has 0 aliphatic rings. The lowest BCUT2D eigenvalue weighted by atomic mass is 10.2. The predicted molar refractivity (Wildman–Crippen MR) is 37.9 cm³/mol. The van der Waals surface area contributed by atoms with E-state index in [4.69, 9.17) is 11.6 Å². The van der Waals surface area contributed by atoms with Gasteiger partial charge >= 0.3 is 6.18 Å². The van der Waals surface area contributed by atoms with Crippen LogP contribution in [0.1, 0.15) is 17.5 Å². The number of nitrogens with zero attached hydrogens (tertiary/aromatic N) is 1. The average molecular weight is 199 g/mol. The average Bonchev–Trinajstić information content (AvgIpc) is 2.32. The standard InChI is InChI=1S/C6H6ClF3N2/c7-4(3-6(8,9)10)5-1-2-11-12-5/h1-2,4H,3H2,(H,11,12). The van der Waals surface area contributed by atoms with Crippen LogP contribution in [0.3, 0.4) is 0 Å². The van der Waals surface area contributed by atoms with Crippen LogP contribution in [-0.2, 0) is 0 Å². The number of rotatable bonds is 2. The summed E-state index contributed by atoms with van der Waals surface area (Å²) in [5.74, 6) is 0. The van der Waals surface area contributed by atoms with Gasteiger partial charge in [0.1, 0.15) is 0 Å². The summed E-state index contributed by atoms with van der Waals surface area (Å²) in [5.41, 5.74) is 0.217. The van der Waals surface area contributed by atoms with Gasteiger partial charge in [-0.2, -0.15) is 18.3 Å². The van der Waals surface area contributed by atoms with Gasteiger partial charge in [0.05, 0.1) is 17.5 Å². The summed E-state index contributed by atoms with van der Waals surface area (Å²) < 4.78 is 35.3. The molecule has 1 N–H and O–H groups in total. The first-order valence-corrected chi connectivity index (χ1v) is 3.63. The molecule has 0 radical (unpaired) electrons. The molecule has 0 saturated heterocycles. The smallest absolute Gasteiger partial charge is 0.285 e. The number of hydrogen-bond acceptors (Lipinski definition) is 1. The second-order valence-corrected chi connectivity index (χ2v) is 2.81. The molecule has 0 aliphatic carbocycles. The minimum Gasteiger partial charge on any atom is -0.285 e. The summed E-state index contributed by atoms with van der Waals surface area (Å²) in [7, 11) is 0. The highest BCUT2D eigenvalue weighted by Crippen LogP contribution is 2.32. The van der Waals surface area contributed by atoms with E-state index >= 15 is 0 Å². The second kappa shape index (κ2) is 3.35. The predicted octanol–water partition coefficient (Wildman–Crippen LogP) is 2.64. The minimum atomic E-state index is -4.24. The van der Waals surface area contributed by atoms with Crippen LogP contribution >= 0.6 is 11.6 Å². The molecule has 1 aromatic rings. The summed E-state index contributed by atoms with van der Waals surface area (Å²) in [4.78, 5) is 0. The Morgan fingerprint density at radius 2 is 2.25 bits per heavy atom. The van der Waals surface area contributed by atoms with Crippen LogP contribution in [0.25, 0.3) is 0 Å². The molecule has 0 aliphatic heterocycles. The van der Waals surface area contributed by atoms with E-state index in [-0.39, 0.29) is 5.69 Å². The Balaban J connectivity index is 2.56. The lowest BCUT2D eigenvalue weighted by molar-refractivity contribution is -0.135. The van der Waals surface area contributed by atoms with Crippen molar-refractivity contribution >= 4 is 11.6 Å². The molecule has 1 heterocycles. The molecule has 1 unspecified atom stereocenters. The molecule has 0 aromatic carbocycles. The van der Waals surface area contributed by atoms with Crippen LogP contribution in [0, 0.1) is 0 Å². The first-order chi connectivity index (χ1) is 5.49. The summed E-state index contributed by atoms with van der Waals surface area (Å²) in [6.45, 7) is 0. The lowest BCUT2D eigenvalue weighted by Crippen LogP contribution is -2.10. The van der Waals surface area contributed by atoms with E-state index in [0.717, 1.165) is 0 Å². The van der Waals surface area contributed by atoms with E-state index in [1.54, 1.807) is 0 Å². The van der Waals surface area contributed by atoms with Crippen molar-refractivity contribution in [1.29, 1.82) is 0 Å². The van der Waals surface area contributed by atoms with Crippen LogP contribution in [0.4, 0.5) is 13.2 Å². The van der Waals surface area contributed by atoms with Gasteiger partial charge in [-0.3, -0.25) is 5.10 Å². The minimum absolute atomic E-state index is 0.217. The Morgan fingerprint density at radius 1 is 1.58 bits per heavy atom. The molecule has 0 bridgehead atoms. The molecule has 0 saturated carbocycles. The Hall–Kier alpha value is -0.710. The van der Waals surface area contributed by atoms with Crippen molar-refractivity contribution in [3.8, 4) is 0 Å². The van der Waals surface area contributed by atoms with E-state index in [1.165, 1.54) is 12.3 Å². The van der Waals surface area contributed by atoms with E-state index in [9.17, 15) is 13.2 Å². The Labute approximate surface area is 71.7 Å². The molecule has 0 amide bonds. The number of halogens is 4. The molecule has 1 rings (SSSR count). The normalized spacial score (nSPS) is 14.7. The van der Waals surface area contributed by atoms with E-state index in [1.807, 2.05) is 0 Å². The number of aromatic amines is 1. The van der Waals surface area contributed by atoms with Crippen molar-refractivity contribution in [2.24, 2.45) is 0 Å². The zero-order chi connectivity index (χ0) is 9.19. The van der Waals surface area contributed by atoms with Gasteiger partial charge in [-0.1, -0.05) is 0 Å². The maximum absolute atomic E-state index is 11.8. The van der Waals surface area contributed by atoms with Crippen molar-refractivity contribution in [2.75, 3.05) is 0 Å². The van der Waals surface area contributed by atoms with Crippen LogP contribution in [-0.4, -0.2) is 16.4 Å². The van der Waals surface area contributed by atoms with Crippen LogP contribution in [0.2, 0.25) is 0 Å². The number of alkyl halides is 4. The molecule has 1 aromatic heterocycles. The van der Waals surface area contributed by atoms with E-state index in [0.29, 0.717) is 0 Å². The van der Waals surface area contributed by atoms with Gasteiger partial charge in [0.2, 0.25) is 0 Å². The highest BCUT2D eigenvalue weighted by Gasteiger charge is 2.32. The Morgan fingerprint density at radius 3 is 2.67 bits per heavy atom. The first kappa shape index (κ1) is 9.38. The Bertz CT molecular complexity index is 231. The molecular weight excluding hydrogens is 193 g/mol. The zero-order valence-electron chi connectivity index (χ0n) is 5.90. The zero-order valence-corrected chi connectivity index (χ0v) is 6.65. The number of H-pyrrole nitrogens is 1. The summed E-state index contributed by atoms with van der Waals surface area (Å²) >= 11 is 5.43. The third kappa shape index (κ3) is 2.73. The Kier molecular flexibility index (Phi) is 2.62. The summed E-state index contributed by atoms with van der Waals surface area (Å²) in [6, 6.07) is 1.42. The maximum atomic E-state index is 11.8. The van der Waals surface area contributed by atoms with E-state index < -0.39 is 18.0 Å². The highest BCUT2D eigenvalue weighted by molar-refractivity contribution is 6.20. The molecule has 12 heavy (non-hydrogen) atoms. The van der Waals surface area contributed by atoms with Crippen molar-refractivity contribution in [1.82, 2.24) is 10.2 Å². The van der Waals surface area contributed by atoms with Crippen LogP contribution < -0.4 is 0 Å². The fraction of sp³-hybridized carbons (Fsp3) is 0.500. The van der Waals surface area contributed by atoms with Gasteiger partial charge in [0.25, 0.3) is 0 Å². The molecule has 0 spiro atoms. The van der Waals surface area contributed by atoms with Crippen molar-refractivity contribution in [2.45, 2.75) is 18.0 Å². The molecule has 6 heteroatoms. The molecule has 0 fully saturated rings. The largest absolute Gasteiger partial charge is 0.390 e. The third-order valence-corrected chi connectivity index (χ3v) is 1.63. The second-order valence-electron chi connectivity index (χ2n) is 2.29. The summed E-state index contributed by atoms with van der Waals surface area (Å²) in [5, 5.41) is 4.84. The first-order valence-electron chi connectivity index (χ1n) is 3.19. The SMILES string of the molecule is FC(F)(F)CC(Cl)c1cc[nH]n1. The van der Waals surface area contributed by atoms with Crippen molar-refractivity contribution in [3.05, 3.63) is 18.0 Å². The lowest BCUT2D eigenvalue weighted by Gasteiger charge is -2.08. The van der Waals surface area contributed by atoms with E-state index in [2.05, 4.69) is 10.2 Å². The number of nitrogens with one attached hydrogen (secondary N) is 1. The van der Waals surface area contributed by atoms with Crippen LogP contribution in [0.15, 0.2) is 12.3 Å². The molecule has 68 valence electrons. The molecule has 2 nitrogen and oxygen atoms in total. The van der Waals surface area contributed by atoms with Gasteiger partial charge in [0.15, 0.2) is 0 Å². The van der Waals surface area contributed by atoms with Crippen molar-refractivity contribution in [3.63, 3.8) is 0 Å². The number of hydrogen-bond donors (Lipinski definition) is 1. The van der Waals surface area contributed by atoms with Gasteiger partial charge in [-0.05, 0) is 6.07 Å². The van der Waals surface area contributed by atoms with Gasteiger partial charge in [-0.15, -0.1) is 11.6 Å². The van der Waals surface area contributed by atoms with Gasteiger partial charge in [-0.25, -0.2) is 0 Å². The van der Waals surface area contributed by atoms with Gasteiger partial charge in [0, 0.05) is 6.20 Å². The van der Waals surface area contributed by atoms with Crippen LogP contribution in [0.5, 0.6) is 0 Å². The quantitative estimate of drug-likeness (QED) is 0.728. The summed E-state index contributed by atoms with van der Waals surface area (Å²) in [6.07, 6.45) is -3.87. The molecular formula is C6H6ClF3N2. The third-order valence-electron chi connectivity index (χ3n) is 1.25.